The molecule has 28 heavy (non-hydrogen) atoms. The Morgan fingerprint density at radius 1 is 1.32 bits per heavy atom. The Morgan fingerprint density at radius 3 is 2.68 bits per heavy atom. The van der Waals surface area contributed by atoms with Gasteiger partial charge in [0.05, 0.1) is 12.2 Å². The van der Waals surface area contributed by atoms with Crippen LogP contribution in [0.3, 0.4) is 0 Å². The molecule has 7 heteroatoms. The fourth-order valence-corrected chi connectivity index (χ4v) is 4.13. The van der Waals surface area contributed by atoms with Crippen LogP contribution in [0.15, 0.2) is 23.9 Å². The molecule has 0 aromatic heterocycles. The van der Waals surface area contributed by atoms with Gasteiger partial charge in [-0.1, -0.05) is 6.92 Å². The van der Waals surface area contributed by atoms with Gasteiger partial charge in [-0.05, 0) is 74.5 Å². The summed E-state index contributed by atoms with van der Waals surface area (Å²) in [6.45, 7) is 6.57. The van der Waals surface area contributed by atoms with Gasteiger partial charge in [0, 0.05) is 24.4 Å². The zero-order valence-electron chi connectivity index (χ0n) is 16.4. The Labute approximate surface area is 163 Å². The number of ether oxygens (including phenoxy) is 1. The lowest BCUT2D eigenvalue weighted by molar-refractivity contribution is -0.137. The van der Waals surface area contributed by atoms with E-state index in [9.17, 15) is 18.0 Å². The third-order valence-electron chi connectivity index (χ3n) is 5.55. The molecule has 0 saturated carbocycles. The number of benzene rings is 1. The number of nitrogens with one attached hydrogen (secondary N) is 1. The first kappa shape index (κ1) is 20.9. The van der Waals surface area contributed by atoms with Crippen LogP contribution in [0.5, 0.6) is 0 Å². The SMILES string of the molecule is CCc1cc(C(F)(F)F)cc(C)c1C(=O)N/C=C1\COCCC1N1CCCC1. The number of rotatable bonds is 4. The summed E-state index contributed by atoms with van der Waals surface area (Å²) in [7, 11) is 0. The molecule has 2 saturated heterocycles. The van der Waals surface area contributed by atoms with E-state index in [1.54, 1.807) is 20.0 Å². The molecule has 3 rings (SSSR count). The molecule has 0 bridgehead atoms. The molecule has 1 aromatic rings. The number of hydrogen-bond acceptors (Lipinski definition) is 3. The van der Waals surface area contributed by atoms with Crippen LogP contribution in [0.1, 0.15) is 53.2 Å². The van der Waals surface area contributed by atoms with Gasteiger partial charge < -0.3 is 10.1 Å². The summed E-state index contributed by atoms with van der Waals surface area (Å²) in [4.78, 5) is 15.2. The van der Waals surface area contributed by atoms with Crippen molar-refractivity contribution in [3.8, 4) is 0 Å². The summed E-state index contributed by atoms with van der Waals surface area (Å²) in [6, 6.07) is 2.37. The van der Waals surface area contributed by atoms with Crippen LogP contribution < -0.4 is 5.32 Å². The fraction of sp³-hybridized carbons (Fsp3) is 0.571. The maximum atomic E-state index is 13.1. The number of carbonyl (C=O) groups is 1. The number of amides is 1. The van der Waals surface area contributed by atoms with Crippen LogP contribution in [0.2, 0.25) is 0 Å². The molecule has 1 atom stereocenters. The van der Waals surface area contributed by atoms with E-state index in [-0.39, 0.29) is 11.9 Å². The van der Waals surface area contributed by atoms with Crippen LogP contribution in [-0.2, 0) is 17.3 Å². The second kappa shape index (κ2) is 8.66. The highest BCUT2D eigenvalue weighted by Crippen LogP contribution is 2.32. The van der Waals surface area contributed by atoms with E-state index in [2.05, 4.69) is 10.2 Å². The van der Waals surface area contributed by atoms with Gasteiger partial charge in [-0.25, -0.2) is 0 Å². The Kier molecular flexibility index (Phi) is 6.45. The van der Waals surface area contributed by atoms with E-state index in [1.807, 2.05) is 0 Å². The van der Waals surface area contributed by atoms with Crippen molar-refractivity contribution in [1.82, 2.24) is 10.2 Å². The quantitative estimate of drug-likeness (QED) is 0.834. The highest BCUT2D eigenvalue weighted by Gasteiger charge is 2.32. The van der Waals surface area contributed by atoms with Crippen molar-refractivity contribution in [2.75, 3.05) is 26.3 Å². The number of carbonyl (C=O) groups excluding carboxylic acids is 1. The van der Waals surface area contributed by atoms with Crippen LogP contribution in [0, 0.1) is 6.92 Å². The molecular weight excluding hydrogens is 369 g/mol. The van der Waals surface area contributed by atoms with Gasteiger partial charge in [-0.2, -0.15) is 13.2 Å². The van der Waals surface area contributed by atoms with Crippen molar-refractivity contribution in [3.63, 3.8) is 0 Å². The Hall–Kier alpha value is -1.86. The predicted molar refractivity (Wildman–Crippen MR) is 101 cm³/mol. The summed E-state index contributed by atoms with van der Waals surface area (Å²) in [5.74, 6) is -0.374. The average Bonchev–Trinajstić information content (AvgIpc) is 3.19. The van der Waals surface area contributed by atoms with Crippen molar-refractivity contribution in [2.24, 2.45) is 0 Å². The van der Waals surface area contributed by atoms with E-state index in [4.69, 9.17) is 4.74 Å². The first-order valence-corrected chi connectivity index (χ1v) is 9.83. The van der Waals surface area contributed by atoms with Gasteiger partial charge in [-0.3, -0.25) is 9.69 Å². The maximum absolute atomic E-state index is 13.1. The number of likely N-dealkylation sites (tertiary alicyclic amines) is 1. The average molecular weight is 396 g/mol. The second-order valence-electron chi connectivity index (χ2n) is 7.47. The van der Waals surface area contributed by atoms with Gasteiger partial charge in [0.2, 0.25) is 0 Å². The molecule has 2 fully saturated rings. The first-order valence-electron chi connectivity index (χ1n) is 9.83. The zero-order valence-corrected chi connectivity index (χ0v) is 16.4. The highest BCUT2D eigenvalue weighted by molar-refractivity contribution is 5.97. The number of halogens is 3. The van der Waals surface area contributed by atoms with Crippen molar-refractivity contribution in [1.29, 1.82) is 0 Å². The molecule has 1 amide bonds. The van der Waals surface area contributed by atoms with Crippen LogP contribution in [0.4, 0.5) is 13.2 Å². The minimum atomic E-state index is -4.42. The highest BCUT2D eigenvalue weighted by atomic mass is 19.4. The molecule has 1 aromatic carbocycles. The van der Waals surface area contributed by atoms with Crippen LogP contribution >= 0.6 is 0 Å². The summed E-state index contributed by atoms with van der Waals surface area (Å²) in [5.41, 5.74) is 1.36. The van der Waals surface area contributed by atoms with E-state index in [0.717, 1.165) is 37.2 Å². The first-order chi connectivity index (χ1) is 13.3. The number of hydrogen-bond donors (Lipinski definition) is 1. The van der Waals surface area contributed by atoms with E-state index in [1.165, 1.54) is 12.8 Å². The lowest BCUT2D eigenvalue weighted by Crippen LogP contribution is -2.40. The summed E-state index contributed by atoms with van der Waals surface area (Å²) < 4.78 is 44.8. The molecule has 0 spiro atoms. The standard InChI is InChI=1S/C21H27F3N2O2/c1-3-15-11-17(21(22,23)24)10-14(2)19(15)20(27)25-12-16-13-28-9-6-18(16)26-7-4-5-8-26/h10-12,18H,3-9,13H2,1-2H3,(H,25,27)/b16-12+. The number of alkyl halides is 3. The topological polar surface area (TPSA) is 41.6 Å². The molecule has 0 aliphatic carbocycles. The fourth-order valence-electron chi connectivity index (χ4n) is 4.13. The molecule has 1 unspecified atom stereocenters. The van der Waals surface area contributed by atoms with E-state index < -0.39 is 11.7 Å². The lowest BCUT2D eigenvalue weighted by atomic mass is 9.95. The minimum Gasteiger partial charge on any atom is -0.377 e. The largest absolute Gasteiger partial charge is 0.416 e. The van der Waals surface area contributed by atoms with Crippen LogP contribution in [0.25, 0.3) is 0 Å². The second-order valence-corrected chi connectivity index (χ2v) is 7.47. The van der Waals surface area contributed by atoms with Crippen molar-refractivity contribution in [2.45, 2.75) is 51.7 Å². The van der Waals surface area contributed by atoms with Gasteiger partial charge in [0.15, 0.2) is 0 Å². The van der Waals surface area contributed by atoms with Gasteiger partial charge >= 0.3 is 6.18 Å². The number of aryl methyl sites for hydroxylation is 2. The molecule has 4 nitrogen and oxygen atoms in total. The third kappa shape index (κ3) is 4.58. The smallest absolute Gasteiger partial charge is 0.377 e. The zero-order chi connectivity index (χ0) is 20.3. The molecule has 2 aliphatic heterocycles. The minimum absolute atomic E-state index is 0.260. The van der Waals surface area contributed by atoms with Gasteiger partial charge in [0.1, 0.15) is 0 Å². The molecule has 154 valence electrons. The van der Waals surface area contributed by atoms with Gasteiger partial charge in [-0.15, -0.1) is 0 Å². The third-order valence-corrected chi connectivity index (χ3v) is 5.55. The lowest BCUT2D eigenvalue weighted by Gasteiger charge is -2.33. The van der Waals surface area contributed by atoms with E-state index >= 15 is 0 Å². The molecule has 0 radical (unpaired) electrons. The summed E-state index contributed by atoms with van der Waals surface area (Å²) >= 11 is 0. The van der Waals surface area contributed by atoms with Crippen molar-refractivity contribution < 1.29 is 22.7 Å². The number of nitrogens with zero attached hydrogens (tertiary/aromatic N) is 1. The maximum Gasteiger partial charge on any atom is 0.416 e. The Bertz CT molecular complexity index is 753. The Balaban J connectivity index is 1.81. The Morgan fingerprint density at radius 2 is 2.04 bits per heavy atom. The van der Waals surface area contributed by atoms with Crippen molar-refractivity contribution >= 4 is 5.91 Å². The van der Waals surface area contributed by atoms with Gasteiger partial charge in [0.25, 0.3) is 5.91 Å². The molecule has 1 N–H and O–H groups in total. The summed E-state index contributed by atoms with van der Waals surface area (Å²) in [5, 5.41) is 2.81. The normalized spacial score (nSPS) is 22.6. The monoisotopic (exact) mass is 396 g/mol. The van der Waals surface area contributed by atoms with Crippen LogP contribution in [-0.4, -0.2) is 43.2 Å². The van der Waals surface area contributed by atoms with E-state index in [0.29, 0.717) is 36.3 Å². The molecular formula is C21H27F3N2O2. The molecule has 2 heterocycles. The van der Waals surface area contributed by atoms with Crippen molar-refractivity contribution in [3.05, 3.63) is 46.2 Å². The predicted octanol–water partition coefficient (Wildman–Crippen LogP) is 4.07. The summed E-state index contributed by atoms with van der Waals surface area (Å²) in [6.07, 6.45) is 0.878. The molecule has 2 aliphatic rings.